The van der Waals surface area contributed by atoms with E-state index < -0.39 is 9.84 Å². The van der Waals surface area contributed by atoms with Gasteiger partial charge in [0, 0.05) is 43.3 Å². The Labute approximate surface area is 217 Å². The van der Waals surface area contributed by atoms with Crippen LogP contribution in [0.5, 0.6) is 5.75 Å². The van der Waals surface area contributed by atoms with E-state index in [0.717, 1.165) is 31.1 Å². The Kier molecular flexibility index (Phi) is 8.30. The molecule has 3 aromatic rings. The highest BCUT2D eigenvalue weighted by molar-refractivity contribution is 7.89. The Morgan fingerprint density at radius 1 is 1.11 bits per heavy atom. The number of para-hydroxylation sites is 1. The summed E-state index contributed by atoms with van der Waals surface area (Å²) in [6, 6.07) is 15.1. The normalized spacial score (nSPS) is 17.1. The molecule has 192 valence electrons. The molecule has 0 bridgehead atoms. The number of hydrogen-bond acceptors (Lipinski definition) is 9. The van der Waals surface area contributed by atoms with Gasteiger partial charge in [0.25, 0.3) is 0 Å². The van der Waals surface area contributed by atoms with Crippen LogP contribution in [0.2, 0.25) is 5.02 Å². The van der Waals surface area contributed by atoms with E-state index in [0.29, 0.717) is 40.7 Å². The van der Waals surface area contributed by atoms with Gasteiger partial charge in [-0.1, -0.05) is 35.9 Å². The number of likely N-dealkylation sites (N-methyl/N-ethyl adjacent to an activating group) is 2. The number of halogens is 1. The molecule has 1 saturated heterocycles. The number of sulfone groups is 1. The smallest absolute Gasteiger partial charge is 0.229 e. The summed E-state index contributed by atoms with van der Waals surface area (Å²) in [6.45, 7) is 3.65. The lowest BCUT2D eigenvalue weighted by Crippen LogP contribution is -2.52. The van der Waals surface area contributed by atoms with Gasteiger partial charge in [-0.05, 0) is 37.9 Å². The van der Waals surface area contributed by atoms with Crippen LogP contribution < -0.4 is 15.4 Å². The van der Waals surface area contributed by atoms with Gasteiger partial charge in [-0.25, -0.2) is 13.4 Å². The minimum atomic E-state index is -3.21. The third-order valence-electron chi connectivity index (χ3n) is 5.94. The van der Waals surface area contributed by atoms with Gasteiger partial charge < -0.3 is 20.3 Å². The number of aromatic nitrogens is 2. The van der Waals surface area contributed by atoms with Crippen LogP contribution in [0.15, 0.2) is 54.7 Å². The molecule has 1 unspecified atom stereocenters. The number of anilines is 4. The van der Waals surface area contributed by atoms with E-state index in [9.17, 15) is 8.42 Å². The van der Waals surface area contributed by atoms with Crippen molar-refractivity contribution < 1.29 is 13.2 Å². The molecule has 1 aliphatic rings. The van der Waals surface area contributed by atoms with Crippen molar-refractivity contribution >= 4 is 44.6 Å². The van der Waals surface area contributed by atoms with Gasteiger partial charge in [-0.2, -0.15) is 4.98 Å². The summed E-state index contributed by atoms with van der Waals surface area (Å²) in [5.74, 6) is 1.37. The first-order valence-electron chi connectivity index (χ1n) is 11.6. The Balaban J connectivity index is 1.45. The van der Waals surface area contributed by atoms with Crippen LogP contribution in [0.1, 0.15) is 5.56 Å². The highest BCUT2D eigenvalue weighted by Gasteiger charge is 2.22. The number of piperazine rings is 1. The summed E-state index contributed by atoms with van der Waals surface area (Å²) in [5, 5.41) is 6.65. The fraction of sp³-hybridized carbons (Fsp3) is 0.360. The van der Waals surface area contributed by atoms with Crippen LogP contribution in [-0.4, -0.2) is 80.8 Å². The fourth-order valence-electron chi connectivity index (χ4n) is 3.96. The minimum absolute atomic E-state index is 0.0935. The summed E-state index contributed by atoms with van der Waals surface area (Å²) >= 11 is 6.34. The molecule has 0 aliphatic carbocycles. The highest BCUT2D eigenvalue weighted by Crippen LogP contribution is 2.28. The van der Waals surface area contributed by atoms with Crippen molar-refractivity contribution in [3.8, 4) is 5.75 Å². The lowest BCUT2D eigenvalue weighted by atomic mass is 10.2. The second kappa shape index (κ2) is 11.4. The Morgan fingerprint density at radius 2 is 1.92 bits per heavy atom. The topological polar surface area (TPSA) is 99.7 Å². The molecule has 11 heteroatoms. The maximum absolute atomic E-state index is 11.8. The number of hydrogen-bond donors (Lipinski definition) is 2. The molecule has 2 aromatic carbocycles. The van der Waals surface area contributed by atoms with Crippen molar-refractivity contribution in [3.05, 3.63) is 65.3 Å². The van der Waals surface area contributed by atoms with E-state index in [1.165, 1.54) is 12.5 Å². The Morgan fingerprint density at radius 3 is 2.72 bits per heavy atom. The second-order valence-electron chi connectivity index (χ2n) is 9.10. The van der Waals surface area contributed by atoms with E-state index in [4.69, 9.17) is 16.3 Å². The van der Waals surface area contributed by atoms with Crippen molar-refractivity contribution in [3.63, 3.8) is 0 Å². The van der Waals surface area contributed by atoms with Crippen LogP contribution in [0.4, 0.5) is 23.1 Å². The van der Waals surface area contributed by atoms with Crippen molar-refractivity contribution in [2.75, 3.05) is 57.2 Å². The standard InChI is InChI=1S/C25H31ClN6O3S/c1-31-11-12-32(2)20(15-31)16-35-21-9-6-8-19(13-21)28-25-27-14-22(26)24(30-25)29-23-10-5-4-7-18(23)17-36(3,33)34/h4-10,13-14,20H,11-12,15-17H2,1-3H3,(H2,27,28,29,30). The van der Waals surface area contributed by atoms with Gasteiger partial charge in [0.2, 0.25) is 5.95 Å². The third kappa shape index (κ3) is 7.30. The van der Waals surface area contributed by atoms with E-state index in [-0.39, 0.29) is 5.75 Å². The largest absolute Gasteiger partial charge is 0.492 e. The van der Waals surface area contributed by atoms with E-state index in [2.05, 4.69) is 44.5 Å². The number of nitrogens with zero attached hydrogens (tertiary/aromatic N) is 4. The molecule has 0 amide bonds. The van der Waals surface area contributed by atoms with E-state index in [1.807, 2.05) is 30.3 Å². The van der Waals surface area contributed by atoms with Crippen LogP contribution in [0.3, 0.4) is 0 Å². The summed E-state index contributed by atoms with van der Waals surface area (Å²) in [4.78, 5) is 13.4. The molecule has 1 aromatic heterocycles. The molecular formula is C25H31ClN6O3S. The molecule has 2 N–H and O–H groups in total. The molecule has 9 nitrogen and oxygen atoms in total. The average Bonchev–Trinajstić information content (AvgIpc) is 2.82. The molecule has 0 radical (unpaired) electrons. The van der Waals surface area contributed by atoms with E-state index >= 15 is 0 Å². The van der Waals surface area contributed by atoms with E-state index in [1.54, 1.807) is 18.2 Å². The van der Waals surface area contributed by atoms with Crippen LogP contribution in [0, 0.1) is 0 Å². The number of ether oxygens (including phenoxy) is 1. The van der Waals surface area contributed by atoms with Crippen molar-refractivity contribution in [2.24, 2.45) is 0 Å². The van der Waals surface area contributed by atoms with Crippen molar-refractivity contribution in [2.45, 2.75) is 11.8 Å². The SMILES string of the molecule is CN1CCN(C)C(COc2cccc(Nc3ncc(Cl)c(Nc4ccccc4CS(C)(=O)=O)n3)c2)C1. The van der Waals surface area contributed by atoms with Gasteiger partial charge in [-0.3, -0.25) is 4.90 Å². The zero-order valence-corrected chi connectivity index (χ0v) is 22.2. The predicted octanol–water partition coefficient (Wildman–Crippen LogP) is 3.79. The average molecular weight is 531 g/mol. The summed E-state index contributed by atoms with van der Waals surface area (Å²) in [6.07, 6.45) is 2.70. The maximum Gasteiger partial charge on any atom is 0.229 e. The fourth-order valence-corrected chi connectivity index (χ4v) is 4.91. The summed E-state index contributed by atoms with van der Waals surface area (Å²) < 4.78 is 29.7. The van der Waals surface area contributed by atoms with Gasteiger partial charge in [0.05, 0.1) is 18.0 Å². The lowest BCUT2D eigenvalue weighted by Gasteiger charge is -2.37. The molecule has 36 heavy (non-hydrogen) atoms. The predicted molar refractivity (Wildman–Crippen MR) is 144 cm³/mol. The van der Waals surface area contributed by atoms with Crippen LogP contribution in [-0.2, 0) is 15.6 Å². The third-order valence-corrected chi connectivity index (χ3v) is 7.06. The molecule has 2 heterocycles. The summed E-state index contributed by atoms with van der Waals surface area (Å²) in [5.41, 5.74) is 2.01. The molecular weight excluding hydrogens is 500 g/mol. The zero-order valence-electron chi connectivity index (χ0n) is 20.6. The van der Waals surface area contributed by atoms with Gasteiger partial charge in [0.15, 0.2) is 15.7 Å². The number of benzene rings is 2. The lowest BCUT2D eigenvalue weighted by molar-refractivity contribution is 0.0781. The molecule has 1 fully saturated rings. The van der Waals surface area contributed by atoms with Gasteiger partial charge in [0.1, 0.15) is 17.4 Å². The molecule has 1 aliphatic heterocycles. The Hall–Kier alpha value is -2.92. The first-order valence-corrected chi connectivity index (χ1v) is 14.0. The van der Waals surface area contributed by atoms with Gasteiger partial charge in [-0.15, -0.1) is 0 Å². The van der Waals surface area contributed by atoms with Crippen molar-refractivity contribution in [1.29, 1.82) is 0 Å². The molecule has 1 atom stereocenters. The quantitative estimate of drug-likeness (QED) is 0.428. The Bertz CT molecular complexity index is 1310. The number of nitrogens with one attached hydrogen (secondary N) is 2. The van der Waals surface area contributed by atoms with Gasteiger partial charge >= 0.3 is 0 Å². The maximum atomic E-state index is 11.8. The number of rotatable bonds is 9. The first kappa shape index (κ1) is 26.2. The molecule has 4 rings (SSSR count). The first-order chi connectivity index (χ1) is 17.2. The van der Waals surface area contributed by atoms with Crippen LogP contribution >= 0.6 is 11.6 Å². The highest BCUT2D eigenvalue weighted by atomic mass is 35.5. The monoisotopic (exact) mass is 530 g/mol. The molecule has 0 saturated carbocycles. The summed E-state index contributed by atoms with van der Waals surface area (Å²) in [7, 11) is 1.05. The second-order valence-corrected chi connectivity index (χ2v) is 11.7. The minimum Gasteiger partial charge on any atom is -0.492 e. The zero-order chi connectivity index (χ0) is 25.7. The molecule has 0 spiro atoms. The van der Waals surface area contributed by atoms with Crippen molar-refractivity contribution in [1.82, 2.24) is 19.8 Å². The van der Waals surface area contributed by atoms with Crippen LogP contribution in [0.25, 0.3) is 0 Å².